The summed E-state index contributed by atoms with van der Waals surface area (Å²) < 4.78 is 0. The van der Waals surface area contributed by atoms with E-state index in [9.17, 15) is 9.59 Å². The number of nitrogens with one attached hydrogen (secondary N) is 1. The topological polar surface area (TPSA) is 96.0 Å². The van der Waals surface area contributed by atoms with E-state index in [4.69, 9.17) is 11.0 Å². The van der Waals surface area contributed by atoms with Crippen LogP contribution in [0.2, 0.25) is 0 Å². The number of carbonyl (C=O) groups is 2. The highest BCUT2D eigenvalue weighted by molar-refractivity contribution is 5.87. The molecule has 1 unspecified atom stereocenters. The molecule has 0 aromatic rings. The summed E-state index contributed by atoms with van der Waals surface area (Å²) in [7, 11) is 0. The largest absolute Gasteiger partial charge is 0.369 e. The fraction of sp³-hybridized carbons (Fsp3) is 0.786. The van der Waals surface area contributed by atoms with Crippen LogP contribution in [0.3, 0.4) is 0 Å². The summed E-state index contributed by atoms with van der Waals surface area (Å²) in [4.78, 5) is 23.6. The molecule has 0 spiro atoms. The maximum absolute atomic E-state index is 12.2. The predicted molar refractivity (Wildman–Crippen MR) is 71.6 cm³/mol. The van der Waals surface area contributed by atoms with Gasteiger partial charge in [0.25, 0.3) is 0 Å². The van der Waals surface area contributed by atoms with Crippen LogP contribution in [-0.4, -0.2) is 17.9 Å². The molecule has 0 radical (unpaired) electrons. The minimum absolute atomic E-state index is 0.198. The van der Waals surface area contributed by atoms with Gasteiger partial charge in [-0.1, -0.05) is 26.7 Å². The monoisotopic (exact) mass is 265 g/mol. The van der Waals surface area contributed by atoms with Crippen molar-refractivity contribution >= 4 is 11.8 Å². The first-order valence-electron chi connectivity index (χ1n) is 6.95. The Balaban J connectivity index is 2.64. The maximum Gasteiger partial charge on any atom is 0.224 e. The summed E-state index contributed by atoms with van der Waals surface area (Å²) in [6.45, 7) is 4.01. The normalized spacial score (nSPS) is 24.5. The fourth-order valence-electron chi connectivity index (χ4n) is 2.68. The molecule has 3 N–H and O–H groups in total. The van der Waals surface area contributed by atoms with Crippen molar-refractivity contribution in [3.8, 4) is 6.07 Å². The quantitative estimate of drug-likeness (QED) is 0.785. The Morgan fingerprint density at radius 3 is 2.37 bits per heavy atom. The van der Waals surface area contributed by atoms with Gasteiger partial charge in [0.1, 0.15) is 6.04 Å². The van der Waals surface area contributed by atoms with Gasteiger partial charge in [-0.3, -0.25) is 9.59 Å². The molecule has 3 atom stereocenters. The lowest BCUT2D eigenvalue weighted by Crippen LogP contribution is -2.45. The predicted octanol–water partition coefficient (Wildman–Crippen LogP) is 1.33. The Hall–Kier alpha value is -1.57. The highest BCUT2D eigenvalue weighted by Gasteiger charge is 2.35. The van der Waals surface area contributed by atoms with E-state index in [2.05, 4.69) is 11.4 Å². The van der Waals surface area contributed by atoms with Gasteiger partial charge >= 0.3 is 0 Å². The summed E-state index contributed by atoms with van der Waals surface area (Å²) in [5.74, 6) is -1.02. The van der Waals surface area contributed by atoms with Crippen LogP contribution < -0.4 is 11.1 Å². The van der Waals surface area contributed by atoms with Gasteiger partial charge in [0.05, 0.1) is 6.07 Å². The molecule has 1 saturated carbocycles. The number of nitrogens with zero attached hydrogens (tertiary/aromatic N) is 1. The number of primary amides is 1. The van der Waals surface area contributed by atoms with E-state index in [-0.39, 0.29) is 17.7 Å². The Morgan fingerprint density at radius 2 is 1.89 bits per heavy atom. The Labute approximate surface area is 114 Å². The van der Waals surface area contributed by atoms with Crippen LogP contribution in [0.25, 0.3) is 0 Å². The minimum atomic E-state index is -0.483. The summed E-state index contributed by atoms with van der Waals surface area (Å²) >= 11 is 0. The maximum atomic E-state index is 12.2. The van der Waals surface area contributed by atoms with E-state index < -0.39 is 11.9 Å². The SMILES string of the molecule is CC(C)CC(C#N)NC(=O)[C@@H]1CCCC[C@@H]1C(N)=O. The van der Waals surface area contributed by atoms with Crippen molar-refractivity contribution in [3.63, 3.8) is 0 Å². The molecule has 0 aliphatic heterocycles. The van der Waals surface area contributed by atoms with E-state index in [1.165, 1.54) is 0 Å². The van der Waals surface area contributed by atoms with Gasteiger partial charge in [-0.25, -0.2) is 0 Å². The lowest BCUT2D eigenvalue weighted by Gasteiger charge is -2.29. The van der Waals surface area contributed by atoms with Crippen LogP contribution in [0.5, 0.6) is 0 Å². The molecule has 0 heterocycles. The number of amides is 2. The van der Waals surface area contributed by atoms with Crippen molar-refractivity contribution in [2.45, 2.75) is 52.0 Å². The van der Waals surface area contributed by atoms with Gasteiger partial charge in [0.2, 0.25) is 11.8 Å². The van der Waals surface area contributed by atoms with Crippen LogP contribution in [0, 0.1) is 29.1 Å². The minimum Gasteiger partial charge on any atom is -0.369 e. The Kier molecular flexibility index (Phi) is 5.81. The molecule has 19 heavy (non-hydrogen) atoms. The number of rotatable bonds is 5. The molecular weight excluding hydrogens is 242 g/mol. The first-order valence-corrected chi connectivity index (χ1v) is 6.95. The van der Waals surface area contributed by atoms with E-state index in [1.54, 1.807) is 0 Å². The molecule has 1 rings (SSSR count). The second-order valence-corrected chi connectivity index (χ2v) is 5.72. The van der Waals surface area contributed by atoms with Gasteiger partial charge in [-0.15, -0.1) is 0 Å². The van der Waals surface area contributed by atoms with Gasteiger partial charge < -0.3 is 11.1 Å². The molecule has 1 aliphatic carbocycles. The smallest absolute Gasteiger partial charge is 0.224 e. The average Bonchev–Trinajstić information content (AvgIpc) is 2.37. The lowest BCUT2D eigenvalue weighted by molar-refractivity contribution is -0.135. The second kappa shape index (κ2) is 7.13. The van der Waals surface area contributed by atoms with Gasteiger partial charge in [-0.2, -0.15) is 5.26 Å². The highest BCUT2D eigenvalue weighted by Crippen LogP contribution is 2.30. The molecule has 106 valence electrons. The number of hydrogen-bond acceptors (Lipinski definition) is 3. The van der Waals surface area contributed by atoms with Crippen LogP contribution in [0.1, 0.15) is 46.0 Å². The Bertz CT molecular complexity index is 373. The molecule has 0 aromatic heterocycles. The zero-order valence-corrected chi connectivity index (χ0v) is 11.7. The summed E-state index contributed by atoms with van der Waals surface area (Å²) in [5.41, 5.74) is 5.36. The third kappa shape index (κ3) is 4.55. The number of hydrogen-bond donors (Lipinski definition) is 2. The Morgan fingerprint density at radius 1 is 1.32 bits per heavy atom. The number of nitrogens with two attached hydrogens (primary N) is 1. The third-order valence-electron chi connectivity index (χ3n) is 3.65. The molecule has 0 aromatic carbocycles. The molecule has 0 saturated heterocycles. The van der Waals surface area contributed by atoms with E-state index in [0.717, 1.165) is 12.8 Å². The summed E-state index contributed by atoms with van der Waals surface area (Å²) in [6.07, 6.45) is 3.85. The molecule has 2 amide bonds. The van der Waals surface area contributed by atoms with E-state index in [1.807, 2.05) is 13.8 Å². The van der Waals surface area contributed by atoms with Crippen molar-refractivity contribution in [1.82, 2.24) is 5.32 Å². The first kappa shape index (κ1) is 15.5. The summed E-state index contributed by atoms with van der Waals surface area (Å²) in [5, 5.41) is 11.8. The van der Waals surface area contributed by atoms with E-state index >= 15 is 0 Å². The summed E-state index contributed by atoms with van der Waals surface area (Å²) in [6, 6.07) is 1.62. The zero-order chi connectivity index (χ0) is 14.4. The van der Waals surface area contributed by atoms with Crippen LogP contribution in [0.15, 0.2) is 0 Å². The van der Waals surface area contributed by atoms with Crippen LogP contribution >= 0.6 is 0 Å². The van der Waals surface area contributed by atoms with Gasteiger partial charge in [-0.05, 0) is 25.2 Å². The van der Waals surface area contributed by atoms with Crippen molar-refractivity contribution in [2.75, 3.05) is 0 Å². The van der Waals surface area contributed by atoms with Crippen molar-refractivity contribution < 1.29 is 9.59 Å². The third-order valence-corrected chi connectivity index (χ3v) is 3.65. The van der Waals surface area contributed by atoms with Crippen molar-refractivity contribution in [2.24, 2.45) is 23.5 Å². The first-order chi connectivity index (χ1) is 8.95. The second-order valence-electron chi connectivity index (χ2n) is 5.72. The molecular formula is C14H23N3O2. The number of nitriles is 1. The highest BCUT2D eigenvalue weighted by atomic mass is 16.2. The van der Waals surface area contributed by atoms with Crippen molar-refractivity contribution in [3.05, 3.63) is 0 Å². The average molecular weight is 265 g/mol. The lowest BCUT2D eigenvalue weighted by atomic mass is 9.78. The molecule has 1 aliphatic rings. The van der Waals surface area contributed by atoms with Gasteiger partial charge in [0.15, 0.2) is 0 Å². The molecule has 5 heteroatoms. The zero-order valence-electron chi connectivity index (χ0n) is 11.7. The van der Waals surface area contributed by atoms with Gasteiger partial charge in [0, 0.05) is 11.8 Å². The number of carbonyl (C=O) groups excluding carboxylic acids is 2. The molecule has 5 nitrogen and oxygen atoms in total. The van der Waals surface area contributed by atoms with E-state index in [0.29, 0.717) is 25.2 Å². The fourth-order valence-corrected chi connectivity index (χ4v) is 2.68. The molecule has 0 bridgehead atoms. The van der Waals surface area contributed by atoms with Crippen LogP contribution in [0.4, 0.5) is 0 Å². The van der Waals surface area contributed by atoms with Crippen molar-refractivity contribution in [1.29, 1.82) is 5.26 Å². The molecule has 1 fully saturated rings. The van der Waals surface area contributed by atoms with Crippen LogP contribution in [-0.2, 0) is 9.59 Å². The standard InChI is InChI=1S/C14H23N3O2/c1-9(2)7-10(8-15)17-14(19)12-6-4-3-5-11(12)13(16)18/h9-12H,3-7H2,1-2H3,(H2,16,18)(H,17,19)/t10?,11-,12+/m0/s1.